The van der Waals surface area contributed by atoms with E-state index in [0.29, 0.717) is 17.1 Å². The quantitative estimate of drug-likeness (QED) is 0.405. The molecule has 0 saturated heterocycles. The number of hydrogen-bond donors (Lipinski definition) is 1. The van der Waals surface area contributed by atoms with Crippen molar-refractivity contribution in [1.29, 1.82) is 5.26 Å². The second-order valence-electron chi connectivity index (χ2n) is 6.46. The molecule has 0 aliphatic carbocycles. The van der Waals surface area contributed by atoms with Gasteiger partial charge in [0.15, 0.2) is 18.1 Å². The van der Waals surface area contributed by atoms with Gasteiger partial charge in [0.25, 0.3) is 5.91 Å². The Hall–Kier alpha value is -3.79. The average Bonchev–Trinajstić information content (AvgIpc) is 2.72. The number of ether oxygens (including phenoxy) is 3. The van der Waals surface area contributed by atoms with Crippen LogP contribution in [0.4, 0.5) is 5.69 Å². The maximum atomic E-state index is 12.2. The first-order chi connectivity index (χ1) is 14.4. The minimum Gasteiger partial charge on any atom is -0.493 e. The molecule has 2 rings (SSSR count). The number of hydrogen-bond acceptors (Lipinski definition) is 6. The van der Waals surface area contributed by atoms with Gasteiger partial charge in [-0.2, -0.15) is 5.26 Å². The fourth-order valence-corrected chi connectivity index (χ4v) is 2.69. The minimum absolute atomic E-state index is 0.125. The van der Waals surface area contributed by atoms with Gasteiger partial charge in [0.05, 0.1) is 13.7 Å². The van der Waals surface area contributed by atoms with Crippen molar-refractivity contribution in [3.63, 3.8) is 0 Å². The van der Waals surface area contributed by atoms with Crippen molar-refractivity contribution in [1.82, 2.24) is 0 Å². The number of amides is 1. The first-order valence-electron chi connectivity index (χ1n) is 9.34. The van der Waals surface area contributed by atoms with Crippen molar-refractivity contribution >= 4 is 23.6 Å². The van der Waals surface area contributed by atoms with Gasteiger partial charge in [0.1, 0.15) is 11.6 Å². The smallest absolute Gasteiger partial charge is 0.348 e. The Morgan fingerprint density at radius 2 is 1.90 bits per heavy atom. The summed E-state index contributed by atoms with van der Waals surface area (Å²) in [4.78, 5) is 24.0. The Kier molecular flexibility index (Phi) is 8.00. The van der Waals surface area contributed by atoms with Crippen molar-refractivity contribution in [3.8, 4) is 17.6 Å². The first kappa shape index (κ1) is 22.5. The topological polar surface area (TPSA) is 97.7 Å². The predicted octanol–water partition coefficient (Wildman–Crippen LogP) is 3.80. The molecule has 7 nitrogen and oxygen atoms in total. The molecule has 1 N–H and O–H groups in total. The lowest BCUT2D eigenvalue weighted by Gasteiger charge is -2.13. The van der Waals surface area contributed by atoms with Crippen LogP contribution in [0.2, 0.25) is 0 Å². The number of nitrogens with zero attached hydrogens (tertiary/aromatic N) is 1. The highest BCUT2D eigenvalue weighted by atomic mass is 16.5. The van der Waals surface area contributed by atoms with Gasteiger partial charge in [-0.1, -0.05) is 23.8 Å². The summed E-state index contributed by atoms with van der Waals surface area (Å²) in [5.74, 6) is -0.270. The van der Waals surface area contributed by atoms with E-state index in [1.54, 1.807) is 25.1 Å². The molecule has 30 heavy (non-hydrogen) atoms. The zero-order valence-electron chi connectivity index (χ0n) is 17.4. The second-order valence-corrected chi connectivity index (χ2v) is 6.46. The molecule has 7 heteroatoms. The zero-order chi connectivity index (χ0) is 22.1. The molecule has 0 radical (unpaired) electrons. The second kappa shape index (κ2) is 10.7. The highest BCUT2D eigenvalue weighted by molar-refractivity contribution is 5.98. The molecule has 0 aromatic heterocycles. The summed E-state index contributed by atoms with van der Waals surface area (Å²) in [6, 6.07) is 12.4. The van der Waals surface area contributed by atoms with E-state index in [4.69, 9.17) is 19.5 Å². The number of rotatable bonds is 8. The molecule has 0 fully saturated rings. The lowest BCUT2D eigenvalue weighted by molar-refractivity contribution is -0.137. The van der Waals surface area contributed by atoms with E-state index in [0.717, 1.165) is 16.8 Å². The molecular formula is C23H24N2O5. The Morgan fingerprint density at radius 3 is 2.53 bits per heavy atom. The number of carbonyl (C=O) groups is 2. The lowest BCUT2D eigenvalue weighted by atomic mass is 10.1. The number of carbonyl (C=O) groups excluding carboxylic acids is 2. The van der Waals surface area contributed by atoms with E-state index in [-0.39, 0.29) is 24.7 Å². The molecule has 0 heterocycles. The van der Waals surface area contributed by atoms with Crippen molar-refractivity contribution in [2.24, 2.45) is 0 Å². The molecular weight excluding hydrogens is 384 g/mol. The summed E-state index contributed by atoms with van der Waals surface area (Å²) in [5, 5.41) is 12.0. The highest BCUT2D eigenvalue weighted by Crippen LogP contribution is 2.29. The summed E-state index contributed by atoms with van der Waals surface area (Å²) in [6.45, 7) is 5.55. The largest absolute Gasteiger partial charge is 0.493 e. The lowest BCUT2D eigenvalue weighted by Crippen LogP contribution is -2.20. The number of nitrogens with one attached hydrogen (secondary N) is 1. The molecule has 0 spiro atoms. The normalized spacial score (nSPS) is 10.7. The van der Waals surface area contributed by atoms with Gasteiger partial charge in [-0.25, -0.2) is 4.79 Å². The maximum absolute atomic E-state index is 12.2. The van der Waals surface area contributed by atoms with E-state index in [1.807, 2.05) is 38.1 Å². The van der Waals surface area contributed by atoms with Crippen LogP contribution in [0.15, 0.2) is 42.0 Å². The number of benzene rings is 2. The highest BCUT2D eigenvalue weighted by Gasteiger charge is 2.12. The van der Waals surface area contributed by atoms with E-state index in [2.05, 4.69) is 5.32 Å². The van der Waals surface area contributed by atoms with E-state index < -0.39 is 5.97 Å². The summed E-state index contributed by atoms with van der Waals surface area (Å²) >= 11 is 0. The SMILES string of the molecule is CCOC(=O)C(C#N)=Cc1ccc(OCC(=O)Nc2ccc(C)cc2C)c(OC)c1. The Morgan fingerprint density at radius 1 is 1.13 bits per heavy atom. The van der Waals surface area contributed by atoms with Crippen LogP contribution in [0.1, 0.15) is 23.6 Å². The van der Waals surface area contributed by atoms with Crippen LogP contribution in [-0.4, -0.2) is 32.2 Å². The molecule has 2 aromatic rings. The number of methoxy groups -OCH3 is 1. The van der Waals surface area contributed by atoms with Gasteiger partial charge in [-0.15, -0.1) is 0 Å². The van der Waals surface area contributed by atoms with Crippen LogP contribution in [0.25, 0.3) is 6.08 Å². The van der Waals surface area contributed by atoms with Crippen LogP contribution >= 0.6 is 0 Å². The summed E-state index contributed by atoms with van der Waals surface area (Å²) in [5.41, 5.74) is 3.24. The van der Waals surface area contributed by atoms with Crippen LogP contribution in [-0.2, 0) is 14.3 Å². The van der Waals surface area contributed by atoms with Crippen LogP contribution in [0, 0.1) is 25.2 Å². The predicted molar refractivity (Wildman–Crippen MR) is 113 cm³/mol. The number of anilines is 1. The molecule has 2 aromatic carbocycles. The summed E-state index contributed by atoms with van der Waals surface area (Å²) in [6.07, 6.45) is 1.40. The van der Waals surface area contributed by atoms with Crippen molar-refractivity contribution in [2.45, 2.75) is 20.8 Å². The van der Waals surface area contributed by atoms with Gasteiger partial charge in [-0.05, 0) is 56.2 Å². The maximum Gasteiger partial charge on any atom is 0.348 e. The van der Waals surface area contributed by atoms with Gasteiger partial charge >= 0.3 is 5.97 Å². The molecule has 0 unspecified atom stereocenters. The first-order valence-corrected chi connectivity index (χ1v) is 9.34. The van der Waals surface area contributed by atoms with E-state index in [1.165, 1.54) is 13.2 Å². The molecule has 0 saturated carbocycles. The summed E-state index contributed by atoms with van der Waals surface area (Å²) < 4.78 is 15.7. The average molecular weight is 408 g/mol. The molecule has 0 aliphatic rings. The number of esters is 1. The summed E-state index contributed by atoms with van der Waals surface area (Å²) in [7, 11) is 1.46. The Bertz CT molecular complexity index is 1010. The van der Waals surface area contributed by atoms with Crippen molar-refractivity contribution < 1.29 is 23.8 Å². The monoisotopic (exact) mass is 408 g/mol. The third-order valence-electron chi connectivity index (χ3n) is 4.13. The van der Waals surface area contributed by atoms with E-state index >= 15 is 0 Å². The van der Waals surface area contributed by atoms with Gasteiger partial charge in [-0.3, -0.25) is 4.79 Å². The van der Waals surface area contributed by atoms with Gasteiger partial charge in [0, 0.05) is 5.69 Å². The fourth-order valence-electron chi connectivity index (χ4n) is 2.69. The molecule has 0 bridgehead atoms. The molecule has 0 atom stereocenters. The van der Waals surface area contributed by atoms with E-state index in [9.17, 15) is 9.59 Å². The third kappa shape index (κ3) is 6.11. The van der Waals surface area contributed by atoms with Crippen LogP contribution in [0.5, 0.6) is 11.5 Å². The number of nitriles is 1. The van der Waals surface area contributed by atoms with Gasteiger partial charge < -0.3 is 19.5 Å². The van der Waals surface area contributed by atoms with Crippen molar-refractivity contribution in [2.75, 3.05) is 25.6 Å². The third-order valence-corrected chi connectivity index (χ3v) is 4.13. The molecule has 156 valence electrons. The van der Waals surface area contributed by atoms with Crippen molar-refractivity contribution in [3.05, 3.63) is 58.7 Å². The zero-order valence-corrected chi connectivity index (χ0v) is 17.4. The number of aryl methyl sites for hydroxylation is 2. The minimum atomic E-state index is -0.692. The standard InChI is InChI=1S/C23H24N2O5/c1-5-29-23(27)18(13-24)11-17-7-9-20(21(12-17)28-4)30-14-22(26)25-19-8-6-15(2)10-16(19)3/h6-12H,5,14H2,1-4H3,(H,25,26). The Labute approximate surface area is 175 Å². The van der Waals surface area contributed by atoms with Crippen LogP contribution in [0.3, 0.4) is 0 Å². The van der Waals surface area contributed by atoms with Crippen LogP contribution < -0.4 is 14.8 Å². The molecule has 1 amide bonds. The Balaban J connectivity index is 2.08. The molecule has 0 aliphatic heterocycles. The fraction of sp³-hybridized carbons (Fsp3) is 0.261. The van der Waals surface area contributed by atoms with Gasteiger partial charge in [0.2, 0.25) is 0 Å².